The molecule has 0 radical (unpaired) electrons. The van der Waals surface area contributed by atoms with Gasteiger partial charge in [0.1, 0.15) is 0 Å². The van der Waals surface area contributed by atoms with Gasteiger partial charge in [-0.25, -0.2) is 9.79 Å². The number of ether oxygens (including phenoxy) is 3. The number of benzene rings is 3. The molecule has 8 nitrogen and oxygen atoms in total. The van der Waals surface area contributed by atoms with Crippen molar-refractivity contribution < 1.29 is 19.0 Å². The molecule has 1 aliphatic rings. The maximum absolute atomic E-state index is 14.2. The SMILES string of the molecule is CCOC(=O)C1=C(C)N=c2sc(=Cc3ccc4c(c3)c3ccccc3n4CC)c(=O)n2C1c1ccc(OC(C)C)c(OC)c1. The van der Waals surface area contributed by atoms with Crippen molar-refractivity contribution in [2.24, 2.45) is 4.99 Å². The Morgan fingerprint density at radius 2 is 1.80 bits per heavy atom. The average Bonchev–Trinajstić information content (AvgIpc) is 3.49. The summed E-state index contributed by atoms with van der Waals surface area (Å²) < 4.78 is 21.4. The number of fused-ring (bicyclic) bond motifs is 4. The number of aromatic nitrogens is 2. The second-order valence-corrected chi connectivity index (χ2v) is 11.9. The monoisotopic (exact) mass is 609 g/mol. The summed E-state index contributed by atoms with van der Waals surface area (Å²) in [6.45, 7) is 10.6. The summed E-state index contributed by atoms with van der Waals surface area (Å²) in [7, 11) is 1.57. The summed E-state index contributed by atoms with van der Waals surface area (Å²) in [5.41, 5.74) is 4.54. The minimum Gasteiger partial charge on any atom is -0.493 e. The fraction of sp³-hybridized carbons (Fsp3) is 0.286. The van der Waals surface area contributed by atoms with Crippen molar-refractivity contribution >= 4 is 45.2 Å². The minimum absolute atomic E-state index is 0.0533. The van der Waals surface area contributed by atoms with Crippen LogP contribution in [-0.4, -0.2) is 34.9 Å². The number of aryl methyl sites for hydroxylation is 1. The smallest absolute Gasteiger partial charge is 0.338 e. The number of para-hydroxylation sites is 1. The lowest BCUT2D eigenvalue weighted by Crippen LogP contribution is -2.40. The third kappa shape index (κ3) is 5.01. The van der Waals surface area contributed by atoms with E-state index in [1.54, 1.807) is 25.5 Å². The summed E-state index contributed by atoms with van der Waals surface area (Å²) in [5, 5.41) is 2.31. The highest BCUT2D eigenvalue weighted by molar-refractivity contribution is 7.07. The Morgan fingerprint density at radius 1 is 1.02 bits per heavy atom. The summed E-state index contributed by atoms with van der Waals surface area (Å²) in [4.78, 5) is 32.7. The molecule has 0 fully saturated rings. The lowest BCUT2D eigenvalue weighted by Gasteiger charge is -2.25. The summed E-state index contributed by atoms with van der Waals surface area (Å²) >= 11 is 1.31. The van der Waals surface area contributed by atoms with E-state index in [-0.39, 0.29) is 18.3 Å². The first kappa shape index (κ1) is 29.4. The lowest BCUT2D eigenvalue weighted by atomic mass is 9.95. The molecular weight excluding hydrogens is 574 g/mol. The maximum atomic E-state index is 14.2. The largest absolute Gasteiger partial charge is 0.493 e. The number of carbonyl (C=O) groups excluding carboxylic acids is 1. The minimum atomic E-state index is -0.751. The molecule has 6 rings (SSSR count). The van der Waals surface area contributed by atoms with Crippen molar-refractivity contribution in [3.8, 4) is 11.5 Å². The van der Waals surface area contributed by atoms with Crippen LogP contribution in [-0.2, 0) is 16.1 Å². The number of nitrogens with zero attached hydrogens (tertiary/aromatic N) is 3. The molecule has 0 amide bonds. The zero-order valence-corrected chi connectivity index (χ0v) is 26.5. The fourth-order valence-electron chi connectivity index (χ4n) is 5.97. The number of thiazole rings is 1. The molecule has 9 heteroatoms. The Morgan fingerprint density at radius 3 is 2.52 bits per heavy atom. The number of esters is 1. The van der Waals surface area contributed by atoms with Crippen LogP contribution < -0.4 is 24.4 Å². The molecule has 3 heterocycles. The molecule has 1 atom stereocenters. The molecule has 3 aromatic carbocycles. The molecule has 1 aliphatic heterocycles. The highest BCUT2D eigenvalue weighted by Gasteiger charge is 2.34. The lowest BCUT2D eigenvalue weighted by molar-refractivity contribution is -0.139. The normalized spacial score (nSPS) is 15.2. The van der Waals surface area contributed by atoms with Gasteiger partial charge in [-0.2, -0.15) is 0 Å². The van der Waals surface area contributed by atoms with Crippen molar-refractivity contribution in [2.45, 2.75) is 53.3 Å². The Hall–Kier alpha value is -4.63. The molecule has 44 heavy (non-hydrogen) atoms. The van der Waals surface area contributed by atoms with Gasteiger partial charge >= 0.3 is 5.97 Å². The van der Waals surface area contributed by atoms with E-state index in [0.29, 0.717) is 37.7 Å². The van der Waals surface area contributed by atoms with E-state index in [1.165, 1.54) is 22.2 Å². The van der Waals surface area contributed by atoms with Crippen LogP contribution in [0.3, 0.4) is 0 Å². The van der Waals surface area contributed by atoms with Gasteiger partial charge in [-0.05, 0) is 82.2 Å². The van der Waals surface area contributed by atoms with Gasteiger partial charge in [0, 0.05) is 28.4 Å². The highest BCUT2D eigenvalue weighted by Crippen LogP contribution is 2.36. The molecule has 1 unspecified atom stereocenters. The molecule has 5 aromatic rings. The summed E-state index contributed by atoms with van der Waals surface area (Å²) in [5.74, 6) is 0.583. The van der Waals surface area contributed by atoms with Gasteiger partial charge in [-0.3, -0.25) is 9.36 Å². The van der Waals surface area contributed by atoms with Crippen molar-refractivity contribution in [3.05, 3.63) is 103 Å². The average molecular weight is 610 g/mol. The van der Waals surface area contributed by atoms with Crippen molar-refractivity contribution in [1.82, 2.24) is 9.13 Å². The summed E-state index contributed by atoms with van der Waals surface area (Å²) in [6, 6.07) is 19.4. The van der Waals surface area contributed by atoms with Crippen LogP contribution in [0.4, 0.5) is 0 Å². The molecular formula is C35H35N3O5S. The standard InChI is InChI=1S/C35H35N3O5S/c1-7-37-26-12-10-9-11-24(26)25-17-22(13-15-27(25)37)18-30-33(39)38-32(23-14-16-28(43-20(3)4)29(19-23)41-6)31(34(40)42-8-2)21(5)36-35(38)44-30/h9-20,32H,7-8H2,1-6H3. The predicted octanol–water partition coefficient (Wildman–Crippen LogP) is 5.72. The second-order valence-electron chi connectivity index (χ2n) is 10.9. The Kier molecular flexibility index (Phi) is 7.90. The van der Waals surface area contributed by atoms with Gasteiger partial charge in [0.15, 0.2) is 16.3 Å². The Bertz CT molecular complexity index is 2130. The van der Waals surface area contributed by atoms with Crippen molar-refractivity contribution in [2.75, 3.05) is 13.7 Å². The quantitative estimate of drug-likeness (QED) is 0.210. The van der Waals surface area contributed by atoms with Crippen LogP contribution in [0.25, 0.3) is 27.9 Å². The van der Waals surface area contributed by atoms with Gasteiger partial charge in [-0.1, -0.05) is 41.7 Å². The van der Waals surface area contributed by atoms with Gasteiger partial charge in [0.05, 0.1) is 41.7 Å². The molecule has 0 spiro atoms. The first-order valence-corrected chi connectivity index (χ1v) is 15.6. The number of hydrogen-bond donors (Lipinski definition) is 0. The number of methoxy groups -OCH3 is 1. The van der Waals surface area contributed by atoms with Gasteiger partial charge in [0.25, 0.3) is 5.56 Å². The van der Waals surface area contributed by atoms with Gasteiger partial charge < -0.3 is 18.8 Å². The Labute approximate surface area is 259 Å². The van der Waals surface area contributed by atoms with Crippen LogP contribution >= 0.6 is 11.3 Å². The molecule has 0 saturated heterocycles. The van der Waals surface area contributed by atoms with Crippen molar-refractivity contribution in [1.29, 1.82) is 0 Å². The van der Waals surface area contributed by atoms with Crippen LogP contribution in [0.15, 0.2) is 81.7 Å². The molecule has 2 aromatic heterocycles. The Balaban J connectivity index is 1.53. The van der Waals surface area contributed by atoms with E-state index in [2.05, 4.69) is 41.8 Å². The topological polar surface area (TPSA) is 84.1 Å². The third-order valence-corrected chi connectivity index (χ3v) is 8.78. The fourth-order valence-corrected chi connectivity index (χ4v) is 7.01. The zero-order valence-electron chi connectivity index (χ0n) is 25.7. The van der Waals surface area contributed by atoms with Crippen LogP contribution in [0, 0.1) is 0 Å². The van der Waals surface area contributed by atoms with E-state index >= 15 is 0 Å². The summed E-state index contributed by atoms with van der Waals surface area (Å²) in [6.07, 6.45) is 1.85. The predicted molar refractivity (Wildman–Crippen MR) is 174 cm³/mol. The van der Waals surface area contributed by atoms with Crippen LogP contribution in [0.2, 0.25) is 0 Å². The number of hydrogen-bond acceptors (Lipinski definition) is 7. The molecule has 0 N–H and O–H groups in total. The van der Waals surface area contributed by atoms with E-state index in [9.17, 15) is 9.59 Å². The number of carbonyl (C=O) groups is 1. The number of rotatable bonds is 8. The first-order chi connectivity index (χ1) is 21.2. The van der Waals surface area contributed by atoms with Crippen LogP contribution in [0.1, 0.15) is 51.8 Å². The van der Waals surface area contributed by atoms with E-state index in [1.807, 2.05) is 50.3 Å². The molecule has 0 aliphatic carbocycles. The number of allylic oxidation sites excluding steroid dienone is 1. The second kappa shape index (κ2) is 11.8. The molecule has 226 valence electrons. The van der Waals surface area contributed by atoms with Gasteiger partial charge in [-0.15, -0.1) is 0 Å². The van der Waals surface area contributed by atoms with Crippen LogP contribution in [0.5, 0.6) is 11.5 Å². The third-order valence-electron chi connectivity index (χ3n) is 7.79. The molecule has 0 bridgehead atoms. The highest BCUT2D eigenvalue weighted by atomic mass is 32.1. The van der Waals surface area contributed by atoms with E-state index < -0.39 is 12.0 Å². The maximum Gasteiger partial charge on any atom is 0.338 e. The van der Waals surface area contributed by atoms with E-state index in [4.69, 9.17) is 19.2 Å². The first-order valence-electron chi connectivity index (χ1n) is 14.8. The van der Waals surface area contributed by atoms with E-state index in [0.717, 1.165) is 23.0 Å². The zero-order chi connectivity index (χ0) is 31.1. The van der Waals surface area contributed by atoms with Crippen molar-refractivity contribution in [3.63, 3.8) is 0 Å². The molecule has 0 saturated carbocycles. The van der Waals surface area contributed by atoms with Gasteiger partial charge in [0.2, 0.25) is 0 Å².